The number of pyridine rings is 1. The SMILES string of the molecule is CN(Cc1c(C(=O)O)c2ccccc2[nH]c1=O)C(=O)OC(C)(C)C. The third-order valence-corrected chi connectivity index (χ3v) is 3.33. The second-order valence-electron chi connectivity index (χ2n) is 6.49. The first-order valence-electron chi connectivity index (χ1n) is 7.41. The minimum absolute atomic E-state index is 0.00885. The molecule has 1 aromatic heterocycles. The summed E-state index contributed by atoms with van der Waals surface area (Å²) in [5.74, 6) is -1.22. The quantitative estimate of drug-likeness (QED) is 0.900. The molecule has 7 nitrogen and oxygen atoms in total. The normalized spacial score (nSPS) is 11.3. The Labute approximate surface area is 138 Å². The Morgan fingerprint density at radius 1 is 1.25 bits per heavy atom. The van der Waals surface area contributed by atoms with Crippen LogP contribution in [0.1, 0.15) is 36.7 Å². The van der Waals surface area contributed by atoms with E-state index in [9.17, 15) is 19.5 Å². The number of nitrogens with one attached hydrogen (secondary N) is 1. The highest BCUT2D eigenvalue weighted by molar-refractivity contribution is 6.03. The number of carboxylic acids is 1. The molecule has 0 aliphatic carbocycles. The van der Waals surface area contributed by atoms with Gasteiger partial charge in [0.25, 0.3) is 5.56 Å². The number of fused-ring (bicyclic) bond motifs is 1. The van der Waals surface area contributed by atoms with Crippen molar-refractivity contribution < 1.29 is 19.4 Å². The van der Waals surface area contributed by atoms with Crippen LogP contribution in [-0.2, 0) is 11.3 Å². The molecule has 1 amide bonds. The van der Waals surface area contributed by atoms with Crippen LogP contribution >= 0.6 is 0 Å². The molecule has 0 bridgehead atoms. The number of amides is 1. The number of carbonyl (C=O) groups excluding carboxylic acids is 1. The lowest BCUT2D eigenvalue weighted by Gasteiger charge is -2.25. The summed E-state index contributed by atoms with van der Waals surface area (Å²) in [7, 11) is 1.45. The van der Waals surface area contributed by atoms with E-state index in [1.54, 1.807) is 45.0 Å². The fourth-order valence-electron chi connectivity index (χ4n) is 2.32. The van der Waals surface area contributed by atoms with Gasteiger partial charge in [0.05, 0.1) is 17.7 Å². The molecule has 0 aliphatic rings. The second kappa shape index (κ2) is 6.35. The molecule has 24 heavy (non-hydrogen) atoms. The number of aromatic nitrogens is 1. The van der Waals surface area contributed by atoms with Crippen molar-refractivity contribution >= 4 is 23.0 Å². The van der Waals surface area contributed by atoms with Crippen LogP contribution in [0.5, 0.6) is 0 Å². The molecule has 2 N–H and O–H groups in total. The maximum atomic E-state index is 12.3. The largest absolute Gasteiger partial charge is 0.478 e. The van der Waals surface area contributed by atoms with E-state index in [4.69, 9.17) is 4.74 Å². The predicted octanol–water partition coefficient (Wildman–Crippen LogP) is 2.59. The Morgan fingerprint density at radius 3 is 2.46 bits per heavy atom. The van der Waals surface area contributed by atoms with Gasteiger partial charge >= 0.3 is 12.1 Å². The predicted molar refractivity (Wildman–Crippen MR) is 89.2 cm³/mol. The Balaban J connectivity index is 2.47. The van der Waals surface area contributed by atoms with Gasteiger partial charge in [0, 0.05) is 18.0 Å². The van der Waals surface area contributed by atoms with E-state index >= 15 is 0 Å². The molecule has 0 saturated heterocycles. The van der Waals surface area contributed by atoms with E-state index in [1.165, 1.54) is 11.9 Å². The Hall–Kier alpha value is -2.83. The van der Waals surface area contributed by atoms with Gasteiger partial charge in [-0.3, -0.25) is 4.79 Å². The summed E-state index contributed by atoms with van der Waals surface area (Å²) >= 11 is 0. The minimum atomic E-state index is -1.22. The first-order chi connectivity index (χ1) is 11.1. The molecular formula is C17H20N2O5. The molecule has 0 fully saturated rings. The molecule has 128 valence electrons. The zero-order valence-corrected chi connectivity index (χ0v) is 14.0. The number of carbonyl (C=O) groups is 2. The fourth-order valence-corrected chi connectivity index (χ4v) is 2.32. The monoisotopic (exact) mass is 332 g/mol. The molecule has 1 heterocycles. The van der Waals surface area contributed by atoms with Crippen molar-refractivity contribution in [3.05, 3.63) is 45.7 Å². The Morgan fingerprint density at radius 2 is 1.88 bits per heavy atom. The van der Waals surface area contributed by atoms with Crippen molar-refractivity contribution in [1.29, 1.82) is 0 Å². The summed E-state index contributed by atoms with van der Waals surface area (Å²) in [5, 5.41) is 9.95. The van der Waals surface area contributed by atoms with Crippen molar-refractivity contribution in [2.24, 2.45) is 0 Å². The molecule has 2 rings (SSSR count). The smallest absolute Gasteiger partial charge is 0.410 e. The standard InChI is InChI=1S/C17H20N2O5/c1-17(2,3)24-16(23)19(4)9-11-13(15(21)22)10-7-5-6-8-12(10)18-14(11)20/h5-8H,9H2,1-4H3,(H,18,20)(H,21,22). The number of hydrogen-bond acceptors (Lipinski definition) is 4. The maximum absolute atomic E-state index is 12.3. The fraction of sp³-hybridized carbons (Fsp3) is 0.353. The highest BCUT2D eigenvalue weighted by Gasteiger charge is 2.24. The molecular weight excluding hydrogens is 312 g/mol. The number of ether oxygens (including phenoxy) is 1. The van der Waals surface area contributed by atoms with Crippen LogP contribution in [0.3, 0.4) is 0 Å². The molecule has 2 aromatic rings. The van der Waals surface area contributed by atoms with Gasteiger partial charge in [0.15, 0.2) is 0 Å². The molecule has 0 atom stereocenters. The van der Waals surface area contributed by atoms with Crippen molar-refractivity contribution in [3.8, 4) is 0 Å². The Bertz CT molecular complexity index is 848. The maximum Gasteiger partial charge on any atom is 0.410 e. The number of aromatic amines is 1. The van der Waals surface area contributed by atoms with Crippen LogP contribution in [-0.4, -0.2) is 39.7 Å². The Kier molecular flexibility index (Phi) is 4.64. The van der Waals surface area contributed by atoms with Crippen LogP contribution < -0.4 is 5.56 Å². The topological polar surface area (TPSA) is 99.7 Å². The van der Waals surface area contributed by atoms with Gasteiger partial charge in [0.1, 0.15) is 5.60 Å². The highest BCUT2D eigenvalue weighted by Crippen LogP contribution is 2.20. The third kappa shape index (κ3) is 3.73. The van der Waals surface area contributed by atoms with Gasteiger partial charge in [-0.2, -0.15) is 0 Å². The average molecular weight is 332 g/mol. The number of para-hydroxylation sites is 1. The number of aromatic carboxylic acids is 1. The average Bonchev–Trinajstić information content (AvgIpc) is 2.45. The van der Waals surface area contributed by atoms with E-state index in [2.05, 4.69) is 4.98 Å². The molecule has 0 unspecified atom stereocenters. The van der Waals surface area contributed by atoms with Crippen molar-refractivity contribution in [3.63, 3.8) is 0 Å². The number of rotatable bonds is 3. The summed E-state index contributed by atoms with van der Waals surface area (Å²) in [6, 6.07) is 6.64. The number of hydrogen-bond donors (Lipinski definition) is 2. The minimum Gasteiger partial charge on any atom is -0.478 e. The van der Waals surface area contributed by atoms with Crippen molar-refractivity contribution in [2.45, 2.75) is 32.9 Å². The van der Waals surface area contributed by atoms with E-state index in [0.29, 0.717) is 10.9 Å². The molecule has 0 saturated carbocycles. The van der Waals surface area contributed by atoms with Crippen molar-refractivity contribution in [1.82, 2.24) is 9.88 Å². The highest BCUT2D eigenvalue weighted by atomic mass is 16.6. The van der Waals surface area contributed by atoms with E-state index < -0.39 is 23.2 Å². The summed E-state index contributed by atoms with van der Waals surface area (Å²) in [4.78, 5) is 39.9. The van der Waals surface area contributed by atoms with Crippen LogP contribution in [0.25, 0.3) is 10.9 Å². The molecule has 7 heteroatoms. The molecule has 0 spiro atoms. The van der Waals surface area contributed by atoms with Gasteiger partial charge in [-0.15, -0.1) is 0 Å². The molecule has 0 radical (unpaired) electrons. The van der Waals surface area contributed by atoms with Crippen LogP contribution in [0.4, 0.5) is 4.79 Å². The first-order valence-corrected chi connectivity index (χ1v) is 7.41. The van der Waals surface area contributed by atoms with Crippen LogP contribution in [0, 0.1) is 0 Å². The molecule has 1 aromatic carbocycles. The zero-order valence-electron chi connectivity index (χ0n) is 14.0. The van der Waals surface area contributed by atoms with Crippen molar-refractivity contribution in [2.75, 3.05) is 7.05 Å². The van der Waals surface area contributed by atoms with Gasteiger partial charge in [-0.1, -0.05) is 18.2 Å². The summed E-state index contributed by atoms with van der Waals surface area (Å²) in [6.07, 6.45) is -0.633. The first kappa shape index (κ1) is 17.5. The second-order valence-corrected chi connectivity index (χ2v) is 6.49. The van der Waals surface area contributed by atoms with E-state index in [0.717, 1.165) is 0 Å². The number of benzene rings is 1. The summed E-state index contributed by atoms with van der Waals surface area (Å²) in [5.41, 5.74) is -0.888. The lowest BCUT2D eigenvalue weighted by molar-refractivity contribution is 0.0282. The van der Waals surface area contributed by atoms with Gasteiger partial charge in [-0.25, -0.2) is 9.59 Å². The van der Waals surface area contributed by atoms with Crippen LogP contribution in [0.2, 0.25) is 0 Å². The van der Waals surface area contributed by atoms with E-state index in [-0.39, 0.29) is 17.7 Å². The number of carboxylic acid groups (broad SMARTS) is 1. The van der Waals surface area contributed by atoms with Gasteiger partial charge in [-0.05, 0) is 26.8 Å². The summed E-state index contributed by atoms with van der Waals surface area (Å²) in [6.45, 7) is 5.01. The third-order valence-electron chi connectivity index (χ3n) is 3.33. The van der Waals surface area contributed by atoms with Gasteiger partial charge in [0.2, 0.25) is 0 Å². The number of H-pyrrole nitrogens is 1. The van der Waals surface area contributed by atoms with Gasteiger partial charge < -0.3 is 19.7 Å². The lowest BCUT2D eigenvalue weighted by Crippen LogP contribution is -2.35. The lowest BCUT2D eigenvalue weighted by atomic mass is 10.0. The molecule has 0 aliphatic heterocycles. The number of nitrogens with zero attached hydrogens (tertiary/aromatic N) is 1. The van der Waals surface area contributed by atoms with Crippen LogP contribution in [0.15, 0.2) is 29.1 Å². The zero-order chi connectivity index (χ0) is 18.1. The summed E-state index contributed by atoms with van der Waals surface area (Å²) < 4.78 is 5.23. The van der Waals surface area contributed by atoms with E-state index in [1.807, 2.05) is 0 Å².